The van der Waals surface area contributed by atoms with Crippen LogP contribution in [0.5, 0.6) is 0 Å². The number of rotatable bonds is 12. The molecule has 51 heavy (non-hydrogen) atoms. The van der Waals surface area contributed by atoms with Crippen molar-refractivity contribution in [3.63, 3.8) is 0 Å². The van der Waals surface area contributed by atoms with E-state index in [1.54, 1.807) is 30.3 Å². The Morgan fingerprint density at radius 2 is 1.73 bits per heavy atom. The number of anilines is 2. The summed E-state index contributed by atoms with van der Waals surface area (Å²) in [4.78, 5) is 29.1. The van der Waals surface area contributed by atoms with Gasteiger partial charge in [0.05, 0.1) is 21.3 Å². The molecule has 268 valence electrons. The van der Waals surface area contributed by atoms with Crippen LogP contribution in [0.2, 0.25) is 0 Å². The molecule has 0 bridgehead atoms. The topological polar surface area (TPSA) is 123 Å². The number of piperidine rings is 1. The summed E-state index contributed by atoms with van der Waals surface area (Å²) in [6.45, 7) is 9.63. The van der Waals surface area contributed by atoms with Gasteiger partial charge in [-0.3, -0.25) is 9.59 Å². The van der Waals surface area contributed by atoms with Crippen molar-refractivity contribution in [2.45, 2.75) is 66.7 Å². The highest BCUT2D eigenvalue weighted by Crippen LogP contribution is 2.50. The fraction of sp³-hybridized carbons (Fsp3) is 0.425. The smallest absolute Gasteiger partial charge is 0.247 e. The molecule has 0 radical (unpaired) electrons. The number of nitrogens with zero attached hydrogens (tertiary/aromatic N) is 3. The molecule has 2 saturated heterocycles. The molecule has 1 saturated carbocycles. The summed E-state index contributed by atoms with van der Waals surface area (Å²) >= 11 is 0. The van der Waals surface area contributed by atoms with Gasteiger partial charge in [-0.25, -0.2) is 12.8 Å². The van der Waals surface area contributed by atoms with Gasteiger partial charge in [-0.15, -0.1) is 0 Å². The van der Waals surface area contributed by atoms with Crippen molar-refractivity contribution in [1.29, 1.82) is 5.26 Å². The van der Waals surface area contributed by atoms with E-state index in [1.165, 1.54) is 24.3 Å². The van der Waals surface area contributed by atoms with Gasteiger partial charge in [0.15, 0.2) is 0 Å². The van der Waals surface area contributed by atoms with Gasteiger partial charge in [0.2, 0.25) is 21.7 Å². The lowest BCUT2D eigenvalue weighted by Gasteiger charge is -2.48. The molecule has 3 aliphatic rings. The summed E-state index contributed by atoms with van der Waals surface area (Å²) in [5.41, 5.74) is 1.19. The predicted molar refractivity (Wildman–Crippen MR) is 195 cm³/mol. The van der Waals surface area contributed by atoms with Crippen molar-refractivity contribution in [2.24, 2.45) is 17.8 Å². The van der Waals surface area contributed by atoms with Crippen LogP contribution in [0.25, 0.3) is 0 Å². The summed E-state index contributed by atoms with van der Waals surface area (Å²) in [6, 6.07) is 22.3. The zero-order chi connectivity index (χ0) is 36.2. The van der Waals surface area contributed by atoms with E-state index < -0.39 is 21.2 Å². The summed E-state index contributed by atoms with van der Waals surface area (Å²) < 4.78 is 41.3. The minimum Gasteiger partial charge on any atom is -0.371 e. The standard InChI is InChI=1S/C40H46FN5O4S/c1-3-38(47)43-32-10-6-11-35(23-32)51(49,50)34-16-14-33(15-17-34)46-25-28(26-46)24-45-20-18-29(19-21-45)40(27-42,30-8-5-9-31(41)22-30)36-12-7-13-37(36)44-39(48)4-2/h3,5-6,8-11,14-17,22-23,28-29,36-37H,1,4,7,12-13,18-21,24-26H2,2H3,(H,43,47)(H,44,48)/t36?,37-,40-/m0/s1. The fourth-order valence-corrected chi connectivity index (χ4v) is 9.77. The molecule has 0 spiro atoms. The zero-order valence-electron chi connectivity index (χ0n) is 29.1. The average Bonchev–Trinajstić information content (AvgIpc) is 3.59. The Hall–Kier alpha value is -4.53. The lowest BCUT2D eigenvalue weighted by atomic mass is 9.59. The minimum absolute atomic E-state index is 0.0125. The van der Waals surface area contributed by atoms with Crippen LogP contribution >= 0.6 is 0 Å². The van der Waals surface area contributed by atoms with Crippen LogP contribution in [0.1, 0.15) is 51.0 Å². The Balaban J connectivity index is 1.06. The van der Waals surface area contributed by atoms with E-state index in [-0.39, 0.29) is 39.4 Å². The number of nitrogens with one attached hydrogen (secondary N) is 2. The van der Waals surface area contributed by atoms with Gasteiger partial charge >= 0.3 is 0 Å². The molecule has 11 heteroatoms. The average molecular weight is 712 g/mol. The van der Waals surface area contributed by atoms with Gasteiger partial charge < -0.3 is 20.4 Å². The third kappa shape index (κ3) is 7.58. The van der Waals surface area contributed by atoms with Crippen molar-refractivity contribution >= 4 is 33.0 Å². The molecule has 1 unspecified atom stereocenters. The molecule has 2 heterocycles. The molecular weight excluding hydrogens is 666 g/mol. The molecule has 3 fully saturated rings. The molecule has 3 aromatic rings. The van der Waals surface area contributed by atoms with Crippen molar-refractivity contribution in [3.05, 3.63) is 96.8 Å². The molecule has 3 atom stereocenters. The SMILES string of the molecule is C=CC(=O)Nc1cccc(S(=O)(=O)c2ccc(N3CC(CN4CCC([C@@](C#N)(c5cccc(F)c5)C5CCC[C@@H]5NC(=O)CC)CC4)C3)cc2)c1. The molecule has 6 rings (SSSR count). The largest absolute Gasteiger partial charge is 0.371 e. The van der Waals surface area contributed by atoms with E-state index in [0.29, 0.717) is 18.0 Å². The first-order valence-electron chi connectivity index (χ1n) is 17.9. The first kappa shape index (κ1) is 36.3. The van der Waals surface area contributed by atoms with Crippen molar-refractivity contribution in [2.75, 3.05) is 42.9 Å². The van der Waals surface area contributed by atoms with Crippen molar-refractivity contribution in [1.82, 2.24) is 10.2 Å². The fourth-order valence-electron chi connectivity index (χ4n) is 8.46. The molecular formula is C40H46FN5O4S. The summed E-state index contributed by atoms with van der Waals surface area (Å²) in [5, 5.41) is 16.7. The van der Waals surface area contributed by atoms with E-state index in [0.717, 1.165) is 82.2 Å². The number of hydrogen-bond acceptors (Lipinski definition) is 7. The summed E-state index contributed by atoms with van der Waals surface area (Å²) in [6.07, 6.45) is 5.75. The highest BCUT2D eigenvalue weighted by molar-refractivity contribution is 7.91. The maximum absolute atomic E-state index is 14.6. The van der Waals surface area contributed by atoms with Gasteiger partial charge in [-0.05, 0) is 111 Å². The molecule has 3 aromatic carbocycles. The van der Waals surface area contributed by atoms with Crippen LogP contribution in [0.4, 0.5) is 15.8 Å². The first-order valence-corrected chi connectivity index (χ1v) is 19.4. The van der Waals surface area contributed by atoms with E-state index >= 15 is 0 Å². The first-order chi connectivity index (χ1) is 24.6. The molecule has 1 aliphatic carbocycles. The number of halogens is 1. The van der Waals surface area contributed by atoms with Crippen LogP contribution < -0.4 is 15.5 Å². The predicted octanol–water partition coefficient (Wildman–Crippen LogP) is 6.09. The number of benzene rings is 3. The number of nitriles is 1. The summed E-state index contributed by atoms with van der Waals surface area (Å²) in [5.74, 6) is -0.338. The Morgan fingerprint density at radius 3 is 2.39 bits per heavy atom. The second-order valence-electron chi connectivity index (χ2n) is 14.1. The quantitative estimate of drug-likeness (QED) is 0.218. The monoisotopic (exact) mass is 711 g/mol. The third-order valence-corrected chi connectivity index (χ3v) is 12.8. The molecule has 9 nitrogen and oxygen atoms in total. The zero-order valence-corrected chi connectivity index (χ0v) is 29.9. The van der Waals surface area contributed by atoms with Gasteiger partial charge in [0, 0.05) is 55.3 Å². The number of sulfone groups is 1. The highest BCUT2D eigenvalue weighted by Gasteiger charge is 2.52. The number of likely N-dealkylation sites (tertiary alicyclic amines) is 1. The molecule has 2 N–H and O–H groups in total. The van der Waals surface area contributed by atoms with E-state index in [1.807, 2.05) is 25.1 Å². The Morgan fingerprint density at radius 1 is 1.00 bits per heavy atom. The maximum atomic E-state index is 14.6. The Labute approximate surface area is 300 Å². The number of hydrogen-bond donors (Lipinski definition) is 2. The number of carbonyl (C=O) groups is 2. The molecule has 0 aromatic heterocycles. The Kier molecular flexibility index (Phi) is 10.9. The van der Waals surface area contributed by atoms with Crippen LogP contribution in [0.15, 0.2) is 95.2 Å². The second-order valence-corrected chi connectivity index (χ2v) is 16.1. The van der Waals surface area contributed by atoms with Gasteiger partial charge in [0.25, 0.3) is 0 Å². The van der Waals surface area contributed by atoms with Crippen molar-refractivity contribution in [3.8, 4) is 6.07 Å². The molecule has 2 amide bonds. The van der Waals surface area contributed by atoms with Crippen LogP contribution in [0, 0.1) is 34.9 Å². The second kappa shape index (κ2) is 15.4. The lowest BCUT2D eigenvalue weighted by molar-refractivity contribution is -0.122. The Bertz CT molecular complexity index is 1900. The van der Waals surface area contributed by atoms with Crippen LogP contribution in [-0.2, 0) is 24.8 Å². The lowest BCUT2D eigenvalue weighted by Crippen LogP contribution is -2.55. The van der Waals surface area contributed by atoms with Gasteiger partial charge in [0.1, 0.15) is 5.82 Å². The van der Waals surface area contributed by atoms with Gasteiger partial charge in [-0.1, -0.05) is 38.1 Å². The summed E-state index contributed by atoms with van der Waals surface area (Å²) in [7, 11) is -3.78. The van der Waals surface area contributed by atoms with E-state index in [2.05, 4.69) is 33.1 Å². The van der Waals surface area contributed by atoms with E-state index in [9.17, 15) is 27.7 Å². The normalized spacial score (nSPS) is 21.2. The van der Waals surface area contributed by atoms with Crippen LogP contribution in [0.3, 0.4) is 0 Å². The highest BCUT2D eigenvalue weighted by atomic mass is 32.2. The van der Waals surface area contributed by atoms with Gasteiger partial charge in [-0.2, -0.15) is 5.26 Å². The third-order valence-electron chi connectivity index (χ3n) is 11.1. The minimum atomic E-state index is -3.78. The van der Waals surface area contributed by atoms with Crippen LogP contribution in [-0.4, -0.2) is 63.9 Å². The van der Waals surface area contributed by atoms with E-state index in [4.69, 9.17) is 0 Å². The number of carbonyl (C=O) groups excluding carboxylic acids is 2. The molecule has 2 aliphatic heterocycles. The van der Waals surface area contributed by atoms with Crippen molar-refractivity contribution < 1.29 is 22.4 Å². The number of amides is 2. The maximum Gasteiger partial charge on any atom is 0.247 e.